The lowest BCUT2D eigenvalue weighted by Gasteiger charge is -2.27. The topological polar surface area (TPSA) is 86.3 Å². The van der Waals surface area contributed by atoms with Crippen molar-refractivity contribution in [3.05, 3.63) is 72.7 Å². The van der Waals surface area contributed by atoms with E-state index < -0.39 is 0 Å². The van der Waals surface area contributed by atoms with Crippen LogP contribution >= 0.6 is 0 Å². The summed E-state index contributed by atoms with van der Waals surface area (Å²) in [6.45, 7) is 1.86. The second-order valence-corrected chi connectivity index (χ2v) is 7.34. The second kappa shape index (κ2) is 8.43. The average molecular weight is 415 g/mol. The standard InChI is InChI=1S/C23H21N5O3/c29-22(8-12-28-13-10-25-26-28)27-11-3-4-18(16-27)17-6-7-20-19(14-17)15-23(30-20)31-21-5-1-2-9-24-21/h1-2,4-7,9-10,13-15H,3,8,11-12,16H2. The molecule has 0 atom stereocenters. The van der Waals surface area contributed by atoms with Crippen molar-refractivity contribution in [2.24, 2.45) is 0 Å². The number of rotatable bonds is 6. The maximum Gasteiger partial charge on any atom is 0.292 e. The number of amides is 1. The number of furan rings is 1. The van der Waals surface area contributed by atoms with Gasteiger partial charge in [-0.25, -0.2) is 4.98 Å². The van der Waals surface area contributed by atoms with Crippen molar-refractivity contribution in [3.63, 3.8) is 0 Å². The molecule has 0 saturated carbocycles. The van der Waals surface area contributed by atoms with Gasteiger partial charge in [-0.1, -0.05) is 23.4 Å². The van der Waals surface area contributed by atoms with E-state index in [0.717, 1.165) is 35.1 Å². The van der Waals surface area contributed by atoms with Crippen LogP contribution in [0.25, 0.3) is 16.5 Å². The van der Waals surface area contributed by atoms with Crippen LogP contribution in [0.3, 0.4) is 0 Å². The number of fused-ring (bicyclic) bond motifs is 1. The molecule has 0 saturated heterocycles. The predicted octanol–water partition coefficient (Wildman–Crippen LogP) is 3.92. The van der Waals surface area contributed by atoms with Gasteiger partial charge in [-0.3, -0.25) is 9.48 Å². The fourth-order valence-electron chi connectivity index (χ4n) is 3.67. The molecule has 0 radical (unpaired) electrons. The number of hydrogen-bond acceptors (Lipinski definition) is 6. The highest BCUT2D eigenvalue weighted by Gasteiger charge is 2.19. The summed E-state index contributed by atoms with van der Waals surface area (Å²) in [5.41, 5.74) is 2.95. The number of carbonyl (C=O) groups is 1. The Balaban J connectivity index is 1.28. The molecule has 1 aliphatic heterocycles. The summed E-state index contributed by atoms with van der Waals surface area (Å²) in [5.74, 6) is 1.00. The molecule has 1 aliphatic rings. The number of pyridine rings is 1. The summed E-state index contributed by atoms with van der Waals surface area (Å²) in [7, 11) is 0. The van der Waals surface area contributed by atoms with Crippen molar-refractivity contribution < 1.29 is 13.9 Å². The van der Waals surface area contributed by atoms with Gasteiger partial charge in [0.2, 0.25) is 11.8 Å². The van der Waals surface area contributed by atoms with Crippen molar-refractivity contribution in [3.8, 4) is 11.8 Å². The van der Waals surface area contributed by atoms with E-state index in [1.807, 2.05) is 35.2 Å². The van der Waals surface area contributed by atoms with Crippen LogP contribution < -0.4 is 4.74 Å². The van der Waals surface area contributed by atoms with Crippen LogP contribution in [0.15, 0.2) is 71.5 Å². The Labute approximate surface area is 178 Å². The van der Waals surface area contributed by atoms with Crippen LogP contribution in [-0.2, 0) is 11.3 Å². The lowest BCUT2D eigenvalue weighted by atomic mass is 9.99. The van der Waals surface area contributed by atoms with E-state index in [1.165, 1.54) is 0 Å². The van der Waals surface area contributed by atoms with Crippen LogP contribution in [0.2, 0.25) is 0 Å². The zero-order chi connectivity index (χ0) is 21.0. The smallest absolute Gasteiger partial charge is 0.292 e. The largest absolute Gasteiger partial charge is 0.425 e. The fourth-order valence-corrected chi connectivity index (χ4v) is 3.67. The van der Waals surface area contributed by atoms with Gasteiger partial charge in [0.25, 0.3) is 5.95 Å². The molecule has 0 unspecified atom stereocenters. The Kier molecular flexibility index (Phi) is 5.18. The van der Waals surface area contributed by atoms with Crippen LogP contribution in [0.1, 0.15) is 18.4 Å². The maximum atomic E-state index is 12.7. The molecule has 1 amide bonds. The van der Waals surface area contributed by atoms with Crippen LogP contribution in [-0.4, -0.2) is 43.9 Å². The van der Waals surface area contributed by atoms with Gasteiger partial charge in [-0.2, -0.15) is 0 Å². The minimum Gasteiger partial charge on any atom is -0.425 e. The molecule has 4 heterocycles. The van der Waals surface area contributed by atoms with E-state index in [0.29, 0.717) is 31.3 Å². The summed E-state index contributed by atoms with van der Waals surface area (Å²) in [6, 6.07) is 13.3. The van der Waals surface area contributed by atoms with E-state index in [1.54, 1.807) is 29.3 Å². The third kappa shape index (κ3) is 4.32. The highest BCUT2D eigenvalue weighted by molar-refractivity contribution is 5.85. The van der Waals surface area contributed by atoms with Gasteiger partial charge in [-0.05, 0) is 35.8 Å². The van der Waals surface area contributed by atoms with Crippen molar-refractivity contribution >= 4 is 22.4 Å². The van der Waals surface area contributed by atoms with E-state index in [9.17, 15) is 4.79 Å². The van der Waals surface area contributed by atoms with Gasteiger partial charge in [0, 0.05) is 49.4 Å². The van der Waals surface area contributed by atoms with Crippen LogP contribution in [0.4, 0.5) is 0 Å². The monoisotopic (exact) mass is 415 g/mol. The summed E-state index contributed by atoms with van der Waals surface area (Å²) >= 11 is 0. The fraction of sp³-hybridized carbons (Fsp3) is 0.217. The first kappa shape index (κ1) is 19.0. The Morgan fingerprint density at radius 1 is 1.16 bits per heavy atom. The summed E-state index contributed by atoms with van der Waals surface area (Å²) in [5, 5.41) is 8.63. The molecule has 0 aliphatic carbocycles. The molecule has 4 aromatic rings. The summed E-state index contributed by atoms with van der Waals surface area (Å²) < 4.78 is 13.2. The van der Waals surface area contributed by atoms with E-state index in [2.05, 4.69) is 27.4 Å². The highest BCUT2D eigenvalue weighted by Crippen LogP contribution is 2.31. The Morgan fingerprint density at radius 3 is 2.97 bits per heavy atom. The Morgan fingerprint density at radius 2 is 2.13 bits per heavy atom. The molecule has 5 rings (SSSR count). The molecule has 156 valence electrons. The number of hydrogen-bond donors (Lipinski definition) is 0. The second-order valence-electron chi connectivity index (χ2n) is 7.34. The minimum atomic E-state index is 0.122. The third-order valence-electron chi connectivity index (χ3n) is 5.24. The first-order valence-corrected chi connectivity index (χ1v) is 10.2. The van der Waals surface area contributed by atoms with Crippen molar-refractivity contribution in [2.75, 3.05) is 13.1 Å². The summed E-state index contributed by atoms with van der Waals surface area (Å²) in [6.07, 6.45) is 8.50. The normalized spacial score (nSPS) is 13.9. The van der Waals surface area contributed by atoms with Gasteiger partial charge in [0.15, 0.2) is 0 Å². The minimum absolute atomic E-state index is 0.122. The summed E-state index contributed by atoms with van der Waals surface area (Å²) in [4.78, 5) is 18.7. The van der Waals surface area contributed by atoms with E-state index in [-0.39, 0.29) is 5.91 Å². The molecule has 31 heavy (non-hydrogen) atoms. The van der Waals surface area contributed by atoms with E-state index in [4.69, 9.17) is 9.15 Å². The zero-order valence-corrected chi connectivity index (χ0v) is 16.8. The molecule has 0 bridgehead atoms. The van der Waals surface area contributed by atoms with Gasteiger partial charge in [0.1, 0.15) is 5.58 Å². The molecule has 0 fully saturated rings. The number of benzene rings is 1. The van der Waals surface area contributed by atoms with Gasteiger partial charge < -0.3 is 14.1 Å². The highest BCUT2D eigenvalue weighted by atomic mass is 16.6. The van der Waals surface area contributed by atoms with Gasteiger partial charge in [0.05, 0.1) is 12.7 Å². The third-order valence-corrected chi connectivity index (χ3v) is 5.24. The molecule has 0 N–H and O–H groups in total. The van der Waals surface area contributed by atoms with Crippen molar-refractivity contribution in [1.82, 2.24) is 24.9 Å². The quantitative estimate of drug-likeness (QED) is 0.474. The molecular weight excluding hydrogens is 394 g/mol. The molecule has 8 nitrogen and oxygen atoms in total. The molecule has 0 spiro atoms. The Bertz CT molecular complexity index is 1210. The molecule has 3 aromatic heterocycles. The predicted molar refractivity (Wildman–Crippen MR) is 114 cm³/mol. The lowest BCUT2D eigenvalue weighted by Crippen LogP contribution is -2.35. The SMILES string of the molecule is O=C(CCn1ccnn1)N1CCC=C(c2ccc3oc(Oc4ccccn4)cc3c2)C1. The van der Waals surface area contributed by atoms with Crippen molar-refractivity contribution in [1.29, 1.82) is 0 Å². The zero-order valence-electron chi connectivity index (χ0n) is 16.8. The number of ether oxygens (including phenoxy) is 1. The average Bonchev–Trinajstić information content (AvgIpc) is 3.47. The number of aryl methyl sites for hydroxylation is 1. The first-order valence-electron chi connectivity index (χ1n) is 10.2. The van der Waals surface area contributed by atoms with Crippen LogP contribution in [0.5, 0.6) is 11.8 Å². The first-order chi connectivity index (χ1) is 15.2. The molecule has 1 aromatic carbocycles. The maximum absolute atomic E-state index is 12.7. The van der Waals surface area contributed by atoms with E-state index >= 15 is 0 Å². The number of carbonyl (C=O) groups excluding carboxylic acids is 1. The Hall–Kier alpha value is -3.94. The van der Waals surface area contributed by atoms with Gasteiger partial charge >= 0.3 is 0 Å². The molecular formula is C23H21N5O3. The number of nitrogens with zero attached hydrogens (tertiary/aromatic N) is 5. The molecule has 8 heteroatoms. The van der Waals surface area contributed by atoms with Crippen molar-refractivity contribution in [2.45, 2.75) is 19.4 Å². The van der Waals surface area contributed by atoms with Gasteiger partial charge in [-0.15, -0.1) is 5.10 Å². The lowest BCUT2D eigenvalue weighted by molar-refractivity contribution is -0.131. The van der Waals surface area contributed by atoms with Crippen LogP contribution in [0, 0.1) is 0 Å². The number of aromatic nitrogens is 4.